The number of nitrogens with one attached hydrogen (secondary N) is 1. The number of benzene rings is 1. The van der Waals surface area contributed by atoms with Crippen molar-refractivity contribution < 1.29 is 28.6 Å². The minimum Gasteiger partial charge on any atom is -0.492 e. The predicted molar refractivity (Wildman–Crippen MR) is 136 cm³/mol. The first-order valence-electron chi connectivity index (χ1n) is 11.7. The lowest BCUT2D eigenvalue weighted by Crippen LogP contribution is -2.58. The summed E-state index contributed by atoms with van der Waals surface area (Å²) in [5, 5.41) is 12.9. The van der Waals surface area contributed by atoms with Gasteiger partial charge in [-0.3, -0.25) is 4.79 Å². The summed E-state index contributed by atoms with van der Waals surface area (Å²) in [7, 11) is 2.72. The van der Waals surface area contributed by atoms with Gasteiger partial charge in [-0.2, -0.15) is 0 Å². The number of hydrogen-bond donors (Lipinski definition) is 2. The van der Waals surface area contributed by atoms with Crippen LogP contribution in [0.2, 0.25) is 0 Å². The van der Waals surface area contributed by atoms with Crippen LogP contribution in [0.1, 0.15) is 43.1 Å². The summed E-state index contributed by atoms with van der Waals surface area (Å²) in [6.07, 6.45) is 3.00. The molecule has 12 heteroatoms. The Kier molecular flexibility index (Phi) is 7.07. The Balaban J connectivity index is 1.70. The first kappa shape index (κ1) is 25.7. The topological polar surface area (TPSA) is 113 Å². The molecule has 1 saturated carbocycles. The van der Waals surface area contributed by atoms with Crippen LogP contribution in [0.4, 0.5) is 10.1 Å². The van der Waals surface area contributed by atoms with Crippen LogP contribution in [0.25, 0.3) is 10.9 Å². The van der Waals surface area contributed by atoms with Crippen molar-refractivity contribution in [2.45, 2.75) is 44.8 Å². The largest absolute Gasteiger partial charge is 0.492 e. The zero-order valence-corrected chi connectivity index (χ0v) is 21.4. The number of pyridine rings is 1. The number of nitrogens with zero attached hydrogens (tertiary/aromatic N) is 3. The minimum absolute atomic E-state index is 0.0197. The van der Waals surface area contributed by atoms with E-state index in [1.165, 1.54) is 20.4 Å². The molecule has 0 unspecified atom stereocenters. The molecule has 1 saturated heterocycles. The van der Waals surface area contributed by atoms with Gasteiger partial charge >= 0.3 is 11.9 Å². The smallest absolute Gasteiger partial charge is 0.341 e. The summed E-state index contributed by atoms with van der Waals surface area (Å²) in [6.45, 7) is 4.85. The number of hydrogen-bond acceptors (Lipinski definition) is 7. The molecule has 1 aliphatic heterocycles. The van der Waals surface area contributed by atoms with E-state index in [2.05, 4.69) is 5.32 Å². The van der Waals surface area contributed by atoms with Crippen molar-refractivity contribution in [2.24, 2.45) is 0 Å². The maximum atomic E-state index is 15.6. The maximum Gasteiger partial charge on any atom is 0.341 e. The van der Waals surface area contributed by atoms with Gasteiger partial charge in [0.05, 0.1) is 25.1 Å². The Bertz CT molecular complexity index is 1290. The van der Waals surface area contributed by atoms with Gasteiger partial charge in [0.1, 0.15) is 17.3 Å². The fourth-order valence-corrected chi connectivity index (χ4v) is 5.14. The number of carboxylic acids is 1. The molecule has 194 valence electrons. The van der Waals surface area contributed by atoms with E-state index in [9.17, 15) is 19.5 Å². The van der Waals surface area contributed by atoms with Crippen molar-refractivity contribution in [3.63, 3.8) is 0 Å². The van der Waals surface area contributed by atoms with E-state index in [0.29, 0.717) is 30.3 Å². The van der Waals surface area contributed by atoms with E-state index >= 15 is 4.39 Å². The lowest BCUT2D eigenvalue weighted by atomic mass is 10.1. The van der Waals surface area contributed by atoms with Crippen LogP contribution in [0.15, 0.2) is 17.1 Å². The molecular formula is C24H29FN4O6S. The van der Waals surface area contributed by atoms with Crippen LogP contribution in [0.5, 0.6) is 5.75 Å². The van der Waals surface area contributed by atoms with Gasteiger partial charge in [-0.1, -0.05) is 0 Å². The van der Waals surface area contributed by atoms with Crippen molar-refractivity contribution in [1.82, 2.24) is 14.8 Å². The van der Waals surface area contributed by atoms with Gasteiger partial charge < -0.3 is 34.3 Å². The van der Waals surface area contributed by atoms with Crippen molar-refractivity contribution >= 4 is 45.9 Å². The van der Waals surface area contributed by atoms with Crippen LogP contribution in [-0.4, -0.2) is 77.6 Å². The van der Waals surface area contributed by atoms with E-state index in [-0.39, 0.29) is 28.9 Å². The number of fused-ring (bicyclic) bond motifs is 1. The van der Waals surface area contributed by atoms with Gasteiger partial charge in [-0.25, -0.2) is 14.0 Å². The molecule has 36 heavy (non-hydrogen) atoms. The SMILES string of the molecule is COC(=O)[C@H](C)NC(=S)N1CCN(c2c(F)cc3c(=O)c(C(=O)O)cn(C4CC4)c3c2OC)C[C@@H]1C. The number of methoxy groups -OCH3 is 2. The molecule has 2 atom stereocenters. The number of aromatic nitrogens is 1. The molecule has 0 bridgehead atoms. The van der Waals surface area contributed by atoms with Gasteiger partial charge in [0.15, 0.2) is 16.7 Å². The number of piperazine rings is 1. The third kappa shape index (κ3) is 4.57. The number of ether oxygens (including phenoxy) is 2. The van der Waals surface area contributed by atoms with Crippen molar-refractivity contribution in [3.05, 3.63) is 33.9 Å². The molecule has 2 aliphatic rings. The monoisotopic (exact) mass is 520 g/mol. The Morgan fingerprint density at radius 1 is 1.28 bits per heavy atom. The van der Waals surface area contributed by atoms with Crippen LogP contribution in [0, 0.1) is 5.82 Å². The number of esters is 1. The lowest BCUT2D eigenvalue weighted by molar-refractivity contribution is -0.142. The number of carbonyl (C=O) groups is 2. The second kappa shape index (κ2) is 9.92. The van der Waals surface area contributed by atoms with Gasteiger partial charge in [0.2, 0.25) is 5.43 Å². The molecule has 0 radical (unpaired) electrons. The zero-order valence-electron chi connectivity index (χ0n) is 20.5. The molecule has 2 aromatic rings. The minimum atomic E-state index is -1.35. The summed E-state index contributed by atoms with van der Waals surface area (Å²) in [4.78, 5) is 40.1. The maximum absolute atomic E-state index is 15.6. The Hall–Kier alpha value is -3.41. The van der Waals surface area contributed by atoms with Gasteiger partial charge in [0, 0.05) is 37.9 Å². The fourth-order valence-electron chi connectivity index (χ4n) is 4.69. The van der Waals surface area contributed by atoms with E-state index in [4.69, 9.17) is 21.7 Å². The Morgan fingerprint density at radius 2 is 1.97 bits per heavy atom. The third-order valence-electron chi connectivity index (χ3n) is 6.67. The average molecular weight is 521 g/mol. The number of carbonyl (C=O) groups excluding carboxylic acids is 1. The summed E-state index contributed by atoms with van der Waals surface area (Å²) in [6, 6.07) is 0.390. The predicted octanol–water partition coefficient (Wildman–Crippen LogP) is 2.13. The first-order valence-corrected chi connectivity index (χ1v) is 12.1. The molecule has 0 spiro atoms. The lowest BCUT2D eigenvalue weighted by Gasteiger charge is -2.43. The molecule has 2 N–H and O–H groups in total. The highest BCUT2D eigenvalue weighted by atomic mass is 32.1. The summed E-state index contributed by atoms with van der Waals surface area (Å²) >= 11 is 5.49. The summed E-state index contributed by atoms with van der Waals surface area (Å²) in [5.74, 6) is -2.25. The second-order valence-electron chi connectivity index (χ2n) is 9.13. The number of halogens is 1. The zero-order chi connectivity index (χ0) is 26.3. The van der Waals surface area contributed by atoms with E-state index in [1.807, 2.05) is 16.7 Å². The number of aromatic carboxylic acids is 1. The Labute approximate surface area is 212 Å². The highest BCUT2D eigenvalue weighted by Crippen LogP contribution is 2.44. The van der Waals surface area contributed by atoms with Crippen molar-refractivity contribution in [3.8, 4) is 5.75 Å². The quantitative estimate of drug-likeness (QED) is 0.434. The highest BCUT2D eigenvalue weighted by molar-refractivity contribution is 7.80. The average Bonchev–Trinajstić information content (AvgIpc) is 3.68. The van der Waals surface area contributed by atoms with Crippen LogP contribution >= 0.6 is 12.2 Å². The summed E-state index contributed by atoms with van der Waals surface area (Å²) < 4.78 is 27.7. The Morgan fingerprint density at radius 3 is 2.53 bits per heavy atom. The fraction of sp³-hybridized carbons (Fsp3) is 0.500. The molecule has 10 nitrogen and oxygen atoms in total. The van der Waals surface area contributed by atoms with E-state index < -0.39 is 34.8 Å². The van der Waals surface area contributed by atoms with Crippen LogP contribution < -0.4 is 20.4 Å². The normalized spacial score (nSPS) is 18.6. The first-order chi connectivity index (χ1) is 17.1. The molecule has 1 aliphatic carbocycles. The number of anilines is 1. The molecule has 1 aromatic carbocycles. The van der Waals surface area contributed by atoms with Crippen LogP contribution in [0.3, 0.4) is 0 Å². The van der Waals surface area contributed by atoms with Crippen molar-refractivity contribution in [1.29, 1.82) is 0 Å². The number of rotatable bonds is 6. The third-order valence-corrected chi connectivity index (χ3v) is 7.02. The molecule has 0 amide bonds. The molecular weight excluding hydrogens is 491 g/mol. The highest BCUT2D eigenvalue weighted by Gasteiger charge is 2.34. The van der Waals surface area contributed by atoms with Crippen molar-refractivity contribution in [2.75, 3.05) is 38.8 Å². The second-order valence-corrected chi connectivity index (χ2v) is 9.52. The van der Waals surface area contributed by atoms with Crippen LogP contribution in [-0.2, 0) is 9.53 Å². The molecule has 4 rings (SSSR count). The molecule has 2 fully saturated rings. The van der Waals surface area contributed by atoms with Gasteiger partial charge in [-0.05, 0) is 45.0 Å². The number of carboxylic acid groups (broad SMARTS) is 1. The van der Waals surface area contributed by atoms with Gasteiger partial charge in [-0.15, -0.1) is 0 Å². The molecule has 1 aromatic heterocycles. The molecule has 2 heterocycles. The van der Waals surface area contributed by atoms with Gasteiger partial charge in [0.25, 0.3) is 0 Å². The van der Waals surface area contributed by atoms with E-state index in [0.717, 1.165) is 18.9 Å². The summed E-state index contributed by atoms with van der Waals surface area (Å²) in [5.41, 5.74) is -0.527. The standard InChI is InChI=1S/C24H29FN4O6S/c1-12-10-27(7-8-28(12)24(36)26-13(2)23(33)35-4)19-17(25)9-15-18(21(19)34-3)29(14-5-6-14)11-16(20(15)30)22(31)32/h9,11-14H,5-8,10H2,1-4H3,(H,26,36)(H,31,32)/t12-,13-/m0/s1. The van der Waals surface area contributed by atoms with E-state index in [1.54, 1.807) is 11.5 Å². The number of thiocarbonyl (C=S) groups is 1.